The number of hydrogen-bond donors (Lipinski definition) is 3. The summed E-state index contributed by atoms with van der Waals surface area (Å²) in [5.41, 5.74) is 0. The van der Waals surface area contributed by atoms with E-state index in [0.717, 1.165) is 0 Å². The zero-order valence-corrected chi connectivity index (χ0v) is 8.75. The van der Waals surface area contributed by atoms with Crippen molar-refractivity contribution in [2.75, 3.05) is 0 Å². The van der Waals surface area contributed by atoms with Crippen LogP contribution >= 0.6 is 0 Å². The maximum atomic E-state index is 10.0. The van der Waals surface area contributed by atoms with Gasteiger partial charge in [0.05, 0.1) is 11.3 Å². The van der Waals surface area contributed by atoms with Crippen LogP contribution in [0.3, 0.4) is 0 Å². The summed E-state index contributed by atoms with van der Waals surface area (Å²) in [6.07, 6.45) is 2.05. The van der Waals surface area contributed by atoms with Crippen molar-refractivity contribution in [1.82, 2.24) is 0 Å². The Morgan fingerprint density at radius 3 is 2.00 bits per heavy atom. The molecule has 1 rings (SSSR count). The fourth-order valence-electron chi connectivity index (χ4n) is 1.69. The average Bonchev–Trinajstić information content (AvgIpc) is 1.93. The molecule has 0 amide bonds. The van der Waals surface area contributed by atoms with Crippen LogP contribution in [0.5, 0.6) is 0 Å². The smallest absolute Gasteiger partial charge is 0.213 e. The van der Waals surface area contributed by atoms with Gasteiger partial charge in [0.25, 0.3) is 0 Å². The highest BCUT2D eigenvalue weighted by molar-refractivity contribution is 6.72. The molecule has 1 aliphatic carbocycles. The second-order valence-electron chi connectivity index (χ2n) is 4.32. The highest BCUT2D eigenvalue weighted by Gasteiger charge is 2.46. The van der Waals surface area contributed by atoms with Gasteiger partial charge in [0.15, 0.2) is 0 Å². The van der Waals surface area contributed by atoms with E-state index in [9.17, 15) is 15.0 Å². The van der Waals surface area contributed by atoms with Crippen molar-refractivity contribution in [2.45, 2.75) is 50.1 Å². The Labute approximate surface area is 74.2 Å². The molecule has 0 unspecified atom stereocenters. The highest BCUT2D eigenvalue weighted by atomic mass is 28.4. The lowest BCUT2D eigenvalue weighted by atomic mass is 9.94. The van der Waals surface area contributed by atoms with Gasteiger partial charge in [-0.2, -0.15) is 0 Å². The van der Waals surface area contributed by atoms with Gasteiger partial charge in [-0.25, -0.2) is 0 Å². The fraction of sp³-hybridized carbons (Fsp3) is 1.00. The molecule has 0 aliphatic heterocycles. The number of aliphatic hydroxyl groups excluding tert-OH is 1. The summed E-state index contributed by atoms with van der Waals surface area (Å²) in [7, 11) is -2.47. The van der Waals surface area contributed by atoms with E-state index in [0.29, 0.717) is 25.7 Å². The van der Waals surface area contributed by atoms with Gasteiger partial charge in [0.2, 0.25) is 8.32 Å². The number of hydrogen-bond acceptors (Lipinski definition) is 3. The van der Waals surface area contributed by atoms with E-state index in [-0.39, 0.29) is 6.10 Å². The Morgan fingerprint density at radius 1 is 1.25 bits per heavy atom. The first-order valence-corrected chi connectivity index (χ1v) is 7.43. The van der Waals surface area contributed by atoms with Gasteiger partial charge in [-0.3, -0.25) is 0 Å². The summed E-state index contributed by atoms with van der Waals surface area (Å²) >= 11 is 0. The van der Waals surface area contributed by atoms with E-state index in [1.165, 1.54) is 0 Å². The Hall–Kier alpha value is 0.0969. The molecule has 1 saturated carbocycles. The van der Waals surface area contributed by atoms with Crippen molar-refractivity contribution in [1.29, 1.82) is 0 Å². The second kappa shape index (κ2) is 3.10. The van der Waals surface area contributed by atoms with Crippen LogP contribution in [-0.2, 0) is 0 Å². The first-order chi connectivity index (χ1) is 5.35. The Balaban J connectivity index is 2.62. The molecular weight excluding hydrogens is 172 g/mol. The molecule has 3 nitrogen and oxygen atoms in total. The molecule has 0 aromatic carbocycles. The molecule has 0 radical (unpaired) electrons. The Bertz CT molecular complexity index is 156. The third kappa shape index (κ3) is 1.88. The van der Waals surface area contributed by atoms with Crippen LogP contribution in [0, 0.1) is 0 Å². The lowest BCUT2D eigenvalue weighted by Gasteiger charge is -2.41. The van der Waals surface area contributed by atoms with E-state index in [2.05, 4.69) is 0 Å². The normalized spacial score (nSPS) is 38.2. The van der Waals surface area contributed by atoms with Gasteiger partial charge in [0.1, 0.15) is 0 Å². The molecule has 1 fully saturated rings. The maximum Gasteiger partial charge on any atom is 0.213 e. The molecule has 72 valence electrons. The summed E-state index contributed by atoms with van der Waals surface area (Å²) in [5, 5.41) is 18.4. The predicted molar refractivity (Wildman–Crippen MR) is 49.1 cm³/mol. The van der Waals surface area contributed by atoms with Crippen molar-refractivity contribution < 1.29 is 15.0 Å². The molecule has 4 heteroatoms. The molecule has 0 aromatic rings. The summed E-state index contributed by atoms with van der Waals surface area (Å²) in [6.45, 7) is 3.51. The molecule has 0 atom stereocenters. The van der Waals surface area contributed by atoms with Gasteiger partial charge in [-0.1, -0.05) is 0 Å². The Kier molecular flexibility index (Phi) is 2.63. The topological polar surface area (TPSA) is 60.7 Å². The zero-order chi connectivity index (χ0) is 9.41. The van der Waals surface area contributed by atoms with Gasteiger partial charge in [0, 0.05) is 0 Å². The molecule has 0 spiro atoms. The summed E-state index contributed by atoms with van der Waals surface area (Å²) in [6, 6.07) is 0. The minimum Gasteiger partial charge on any atom is -0.429 e. The zero-order valence-electron chi connectivity index (χ0n) is 7.75. The molecule has 0 aromatic heterocycles. The van der Waals surface area contributed by atoms with Crippen LogP contribution < -0.4 is 0 Å². The highest BCUT2D eigenvalue weighted by Crippen LogP contribution is 2.34. The standard InChI is InChI=1S/C8H18O3Si/c1-12(2,11)8(10)5-3-7(9)4-6-8/h7,9-11H,3-6H2,1-2H3. The van der Waals surface area contributed by atoms with E-state index >= 15 is 0 Å². The van der Waals surface area contributed by atoms with Crippen LogP contribution in [0.15, 0.2) is 0 Å². The SMILES string of the molecule is C[Si](C)(O)C1(O)CCC(O)CC1. The van der Waals surface area contributed by atoms with Crippen molar-refractivity contribution in [3.8, 4) is 0 Å². The largest absolute Gasteiger partial charge is 0.429 e. The maximum absolute atomic E-state index is 10.0. The molecule has 0 bridgehead atoms. The van der Waals surface area contributed by atoms with Gasteiger partial charge in [-0.15, -0.1) is 0 Å². The van der Waals surface area contributed by atoms with Crippen LogP contribution in [0.4, 0.5) is 0 Å². The number of rotatable bonds is 1. The van der Waals surface area contributed by atoms with Crippen LogP contribution in [0.1, 0.15) is 25.7 Å². The quantitative estimate of drug-likeness (QED) is 0.524. The molecule has 0 heterocycles. The average molecular weight is 190 g/mol. The van der Waals surface area contributed by atoms with Crippen molar-refractivity contribution in [3.05, 3.63) is 0 Å². The minimum absolute atomic E-state index is 0.276. The van der Waals surface area contributed by atoms with Crippen molar-refractivity contribution in [3.63, 3.8) is 0 Å². The van der Waals surface area contributed by atoms with E-state index < -0.39 is 13.5 Å². The minimum atomic E-state index is -2.47. The second-order valence-corrected chi connectivity index (χ2v) is 8.37. The third-order valence-corrected chi connectivity index (χ3v) is 5.70. The lowest BCUT2D eigenvalue weighted by molar-refractivity contribution is 0.0102. The van der Waals surface area contributed by atoms with E-state index in [1.807, 2.05) is 0 Å². The van der Waals surface area contributed by atoms with Crippen LogP contribution in [0.2, 0.25) is 13.1 Å². The van der Waals surface area contributed by atoms with Gasteiger partial charge in [-0.05, 0) is 38.8 Å². The number of aliphatic hydroxyl groups is 2. The predicted octanol–water partition coefficient (Wildman–Crippen LogP) is 0.389. The third-order valence-electron chi connectivity index (χ3n) is 2.92. The van der Waals surface area contributed by atoms with Crippen LogP contribution in [-0.4, -0.2) is 34.7 Å². The van der Waals surface area contributed by atoms with E-state index in [4.69, 9.17) is 0 Å². The van der Waals surface area contributed by atoms with Gasteiger partial charge >= 0.3 is 0 Å². The van der Waals surface area contributed by atoms with Crippen molar-refractivity contribution >= 4 is 8.32 Å². The molecule has 1 aliphatic rings. The summed E-state index contributed by atoms with van der Waals surface area (Å²) < 4.78 is 0. The fourth-order valence-corrected chi connectivity index (χ4v) is 3.20. The van der Waals surface area contributed by atoms with E-state index in [1.54, 1.807) is 13.1 Å². The summed E-state index contributed by atoms with van der Waals surface area (Å²) in [4.78, 5) is 9.80. The van der Waals surface area contributed by atoms with Crippen molar-refractivity contribution in [2.24, 2.45) is 0 Å². The summed E-state index contributed by atoms with van der Waals surface area (Å²) in [5.74, 6) is 0. The Morgan fingerprint density at radius 2 is 1.67 bits per heavy atom. The molecule has 0 saturated heterocycles. The molecular formula is C8H18O3Si. The van der Waals surface area contributed by atoms with Crippen LogP contribution in [0.25, 0.3) is 0 Å². The lowest BCUT2D eigenvalue weighted by Crippen LogP contribution is -2.56. The molecule has 12 heavy (non-hydrogen) atoms. The monoisotopic (exact) mass is 190 g/mol. The molecule has 3 N–H and O–H groups in total. The first-order valence-electron chi connectivity index (χ1n) is 4.48. The first kappa shape index (κ1) is 10.2. The van der Waals surface area contributed by atoms with Gasteiger partial charge < -0.3 is 15.0 Å².